The van der Waals surface area contributed by atoms with Crippen LogP contribution in [0.4, 0.5) is 10.1 Å². The highest BCUT2D eigenvalue weighted by Crippen LogP contribution is 2.11. The Kier molecular flexibility index (Phi) is 8.08. The molecule has 1 aromatic carbocycles. The van der Waals surface area contributed by atoms with E-state index in [2.05, 4.69) is 21.5 Å². The zero-order valence-corrected chi connectivity index (χ0v) is 16.1. The minimum absolute atomic E-state index is 0.00873. The Balaban J connectivity index is 1.89. The van der Waals surface area contributed by atoms with Gasteiger partial charge in [0.05, 0.1) is 12.0 Å². The number of hydrogen-bond acceptors (Lipinski definition) is 5. The van der Waals surface area contributed by atoms with Crippen LogP contribution in [-0.4, -0.2) is 35.0 Å². The van der Waals surface area contributed by atoms with Gasteiger partial charge in [-0.1, -0.05) is 12.1 Å². The third-order valence-electron chi connectivity index (χ3n) is 3.40. The number of thiocarbonyl (C=S) groups is 1. The molecule has 1 unspecified atom stereocenters. The highest BCUT2D eigenvalue weighted by Gasteiger charge is 2.22. The molecule has 7 nitrogen and oxygen atoms in total. The van der Waals surface area contributed by atoms with E-state index in [-0.39, 0.29) is 16.6 Å². The molecule has 27 heavy (non-hydrogen) atoms. The summed E-state index contributed by atoms with van der Waals surface area (Å²) in [5, 5.41) is 5.26. The molecular formula is C17H19FN4O3S2. The predicted octanol–water partition coefficient (Wildman–Crippen LogP) is 2.29. The number of para-hydroxylation sites is 1. The Morgan fingerprint density at radius 1 is 1.22 bits per heavy atom. The van der Waals surface area contributed by atoms with Crippen LogP contribution in [0.3, 0.4) is 0 Å². The van der Waals surface area contributed by atoms with Gasteiger partial charge in [0, 0.05) is 0 Å². The first-order valence-corrected chi connectivity index (χ1v) is 9.76. The molecule has 1 aromatic heterocycles. The molecule has 0 radical (unpaired) electrons. The average molecular weight is 410 g/mol. The largest absolute Gasteiger partial charge is 0.459 e. The summed E-state index contributed by atoms with van der Waals surface area (Å²) in [5.74, 6) is -0.679. The molecule has 144 valence electrons. The van der Waals surface area contributed by atoms with Gasteiger partial charge < -0.3 is 15.1 Å². The summed E-state index contributed by atoms with van der Waals surface area (Å²) in [5.41, 5.74) is 5.08. The summed E-state index contributed by atoms with van der Waals surface area (Å²) in [6, 6.07) is 8.29. The van der Waals surface area contributed by atoms with Crippen LogP contribution in [0.25, 0.3) is 0 Å². The molecular weight excluding hydrogens is 391 g/mol. The molecule has 2 amide bonds. The van der Waals surface area contributed by atoms with Crippen LogP contribution < -0.4 is 21.5 Å². The summed E-state index contributed by atoms with van der Waals surface area (Å²) in [6.07, 6.45) is 3.68. The first-order valence-electron chi connectivity index (χ1n) is 7.96. The highest BCUT2D eigenvalue weighted by molar-refractivity contribution is 7.98. The Bertz CT molecular complexity index is 786. The number of nitrogens with one attached hydrogen (secondary N) is 4. The molecule has 0 saturated carbocycles. The van der Waals surface area contributed by atoms with Crippen molar-refractivity contribution in [1.29, 1.82) is 0 Å². The summed E-state index contributed by atoms with van der Waals surface area (Å²) in [4.78, 5) is 24.5. The van der Waals surface area contributed by atoms with Crippen molar-refractivity contribution in [3.8, 4) is 0 Å². The molecule has 10 heteroatoms. The van der Waals surface area contributed by atoms with Crippen molar-refractivity contribution in [3.63, 3.8) is 0 Å². The second-order valence-electron chi connectivity index (χ2n) is 5.33. The van der Waals surface area contributed by atoms with Crippen LogP contribution in [0.1, 0.15) is 17.0 Å². The van der Waals surface area contributed by atoms with Gasteiger partial charge in [0.25, 0.3) is 11.8 Å². The van der Waals surface area contributed by atoms with Gasteiger partial charge in [-0.05, 0) is 54.9 Å². The number of benzene rings is 1. The molecule has 4 N–H and O–H groups in total. The maximum absolute atomic E-state index is 13.6. The molecule has 1 heterocycles. The van der Waals surface area contributed by atoms with Crippen LogP contribution in [0.5, 0.6) is 0 Å². The fourth-order valence-corrected chi connectivity index (χ4v) is 2.70. The number of thioether (sulfide) groups is 1. The van der Waals surface area contributed by atoms with Gasteiger partial charge in [-0.15, -0.1) is 0 Å². The Hall–Kier alpha value is -2.59. The van der Waals surface area contributed by atoms with Gasteiger partial charge in [-0.25, -0.2) is 4.39 Å². The third-order valence-corrected chi connectivity index (χ3v) is 4.25. The van der Waals surface area contributed by atoms with Crippen molar-refractivity contribution in [2.45, 2.75) is 12.5 Å². The summed E-state index contributed by atoms with van der Waals surface area (Å²) >= 11 is 6.58. The van der Waals surface area contributed by atoms with Gasteiger partial charge in [0.2, 0.25) is 0 Å². The van der Waals surface area contributed by atoms with E-state index >= 15 is 0 Å². The van der Waals surface area contributed by atoms with Crippen molar-refractivity contribution in [2.75, 3.05) is 17.3 Å². The Labute approximate surface area is 165 Å². The maximum atomic E-state index is 13.6. The fraction of sp³-hybridized carbons (Fsp3) is 0.235. The lowest BCUT2D eigenvalue weighted by atomic mass is 10.2. The lowest BCUT2D eigenvalue weighted by Crippen LogP contribution is -2.53. The monoisotopic (exact) mass is 410 g/mol. The van der Waals surface area contributed by atoms with E-state index in [1.54, 1.807) is 30.0 Å². The predicted molar refractivity (Wildman–Crippen MR) is 107 cm³/mol. The summed E-state index contributed by atoms with van der Waals surface area (Å²) in [6.45, 7) is 0. The van der Waals surface area contributed by atoms with Crippen LogP contribution in [-0.2, 0) is 4.79 Å². The normalized spacial score (nSPS) is 11.3. The average Bonchev–Trinajstić information content (AvgIpc) is 3.20. The van der Waals surface area contributed by atoms with Gasteiger partial charge in [-0.3, -0.25) is 20.4 Å². The van der Waals surface area contributed by atoms with E-state index in [1.165, 1.54) is 24.5 Å². The SMILES string of the molecule is CSCCC(NC(=O)c1ccco1)C(=O)NNC(=S)Nc1ccccc1F. The molecule has 2 aromatic rings. The van der Waals surface area contributed by atoms with Crippen molar-refractivity contribution >= 4 is 46.6 Å². The molecule has 1 atom stereocenters. The second kappa shape index (κ2) is 10.5. The lowest BCUT2D eigenvalue weighted by Gasteiger charge is -2.19. The summed E-state index contributed by atoms with van der Waals surface area (Å²) in [7, 11) is 0. The van der Waals surface area contributed by atoms with Crippen molar-refractivity contribution in [1.82, 2.24) is 16.2 Å². The number of hydrazine groups is 1. The molecule has 0 saturated heterocycles. The topological polar surface area (TPSA) is 95.4 Å². The minimum atomic E-state index is -0.793. The first-order chi connectivity index (χ1) is 13.0. The van der Waals surface area contributed by atoms with Gasteiger partial charge in [-0.2, -0.15) is 11.8 Å². The number of halogens is 1. The van der Waals surface area contributed by atoms with Gasteiger partial charge in [0.15, 0.2) is 10.9 Å². The highest BCUT2D eigenvalue weighted by atomic mass is 32.2. The van der Waals surface area contributed by atoms with E-state index in [0.29, 0.717) is 12.2 Å². The molecule has 0 spiro atoms. The third kappa shape index (κ3) is 6.57. The van der Waals surface area contributed by atoms with E-state index < -0.39 is 23.7 Å². The second-order valence-corrected chi connectivity index (χ2v) is 6.73. The van der Waals surface area contributed by atoms with E-state index in [0.717, 1.165) is 0 Å². The van der Waals surface area contributed by atoms with E-state index in [9.17, 15) is 14.0 Å². The zero-order valence-electron chi connectivity index (χ0n) is 14.5. The number of amides is 2. The van der Waals surface area contributed by atoms with Crippen LogP contribution >= 0.6 is 24.0 Å². The van der Waals surface area contributed by atoms with Crippen LogP contribution in [0.2, 0.25) is 0 Å². The van der Waals surface area contributed by atoms with Crippen molar-refractivity contribution in [2.24, 2.45) is 0 Å². The van der Waals surface area contributed by atoms with E-state index in [1.807, 2.05) is 6.26 Å². The first kappa shape index (κ1) is 20.7. The quantitative estimate of drug-likeness (QED) is 0.411. The van der Waals surface area contributed by atoms with Gasteiger partial charge in [0.1, 0.15) is 11.9 Å². The Morgan fingerprint density at radius 3 is 2.67 bits per heavy atom. The Morgan fingerprint density at radius 2 is 2.00 bits per heavy atom. The number of furan rings is 1. The number of carbonyl (C=O) groups excluding carboxylic acids is 2. The minimum Gasteiger partial charge on any atom is -0.459 e. The van der Waals surface area contributed by atoms with Crippen molar-refractivity contribution < 1.29 is 18.4 Å². The smallest absolute Gasteiger partial charge is 0.287 e. The van der Waals surface area contributed by atoms with Crippen LogP contribution in [0, 0.1) is 5.82 Å². The number of anilines is 1. The van der Waals surface area contributed by atoms with Crippen molar-refractivity contribution in [3.05, 3.63) is 54.2 Å². The maximum Gasteiger partial charge on any atom is 0.287 e. The standard InChI is InChI=1S/C17H19FN4O3S2/c1-27-10-8-13(19-16(24)14-7-4-9-25-14)15(23)21-22-17(26)20-12-6-3-2-5-11(12)18/h2-7,9,13H,8,10H2,1H3,(H,19,24)(H,21,23)(H2,20,22,26). The zero-order chi connectivity index (χ0) is 19.6. The molecule has 0 bridgehead atoms. The van der Waals surface area contributed by atoms with Crippen LogP contribution in [0.15, 0.2) is 47.1 Å². The molecule has 0 aliphatic carbocycles. The van der Waals surface area contributed by atoms with E-state index in [4.69, 9.17) is 16.6 Å². The molecule has 2 rings (SSSR count). The molecule has 0 aliphatic heterocycles. The number of carbonyl (C=O) groups is 2. The number of hydrogen-bond donors (Lipinski definition) is 4. The fourth-order valence-electron chi connectivity index (χ4n) is 2.06. The number of rotatable bonds is 7. The lowest BCUT2D eigenvalue weighted by molar-refractivity contribution is -0.123. The van der Waals surface area contributed by atoms with Gasteiger partial charge >= 0.3 is 0 Å². The molecule has 0 aliphatic rings. The summed E-state index contributed by atoms with van der Waals surface area (Å²) < 4.78 is 18.6. The molecule has 0 fully saturated rings.